The number of fused-ring (bicyclic) bond motifs is 1. The van der Waals surface area contributed by atoms with Crippen LogP contribution in [0.3, 0.4) is 0 Å². The van der Waals surface area contributed by atoms with Gasteiger partial charge in [0.05, 0.1) is 17.6 Å². The van der Waals surface area contributed by atoms with Crippen molar-refractivity contribution in [2.45, 2.75) is 45.6 Å². The molecule has 1 aliphatic carbocycles. The molecule has 0 saturated carbocycles. The molecule has 0 saturated heterocycles. The number of carbonyl (C=O) groups excluding carboxylic acids is 2. The molecule has 4 rings (SSSR count). The van der Waals surface area contributed by atoms with Gasteiger partial charge in [0, 0.05) is 10.4 Å². The van der Waals surface area contributed by atoms with Crippen molar-refractivity contribution in [1.29, 1.82) is 0 Å². The van der Waals surface area contributed by atoms with Crippen LogP contribution in [0.15, 0.2) is 35.7 Å². The molecule has 1 aromatic carbocycles. The number of esters is 1. The van der Waals surface area contributed by atoms with Crippen LogP contribution < -0.4 is 10.1 Å². The van der Waals surface area contributed by atoms with E-state index in [1.807, 2.05) is 42.6 Å². The van der Waals surface area contributed by atoms with Crippen molar-refractivity contribution in [3.63, 3.8) is 0 Å². The number of anilines is 1. The third-order valence-electron chi connectivity index (χ3n) is 5.34. The van der Waals surface area contributed by atoms with Gasteiger partial charge in [-0.05, 0) is 61.7 Å². The summed E-state index contributed by atoms with van der Waals surface area (Å²) in [5.74, 6) is 0.201. The van der Waals surface area contributed by atoms with E-state index in [4.69, 9.17) is 9.47 Å². The first-order valence-electron chi connectivity index (χ1n) is 10.4. The Balaban J connectivity index is 1.47. The van der Waals surface area contributed by atoms with Crippen LogP contribution in [-0.2, 0) is 24.2 Å². The SMILES string of the molecule is COC(=O)c1c(NC(=O)c2cc(COc3ccc(C)cc3)cs2)sc2c1CCCCC2. The second-order valence-corrected chi connectivity index (χ2v) is 9.65. The van der Waals surface area contributed by atoms with Gasteiger partial charge in [0.2, 0.25) is 0 Å². The molecule has 5 nitrogen and oxygen atoms in total. The number of amides is 1. The molecular weight excluding hydrogens is 430 g/mol. The minimum atomic E-state index is -0.381. The van der Waals surface area contributed by atoms with Crippen LogP contribution in [0.4, 0.5) is 5.00 Å². The lowest BCUT2D eigenvalue weighted by Gasteiger charge is -2.07. The van der Waals surface area contributed by atoms with Gasteiger partial charge >= 0.3 is 5.97 Å². The molecule has 0 bridgehead atoms. The Morgan fingerprint density at radius 2 is 1.87 bits per heavy atom. The third-order valence-corrected chi connectivity index (χ3v) is 7.53. The predicted molar refractivity (Wildman–Crippen MR) is 125 cm³/mol. The molecular formula is C24H25NO4S2. The largest absolute Gasteiger partial charge is 0.489 e. The molecule has 0 radical (unpaired) electrons. The number of rotatable bonds is 6. The molecule has 162 valence electrons. The summed E-state index contributed by atoms with van der Waals surface area (Å²) in [5.41, 5.74) is 3.69. The normalized spacial score (nSPS) is 13.2. The number of ether oxygens (including phenoxy) is 2. The van der Waals surface area contributed by atoms with Gasteiger partial charge in [-0.2, -0.15) is 0 Å². The lowest BCUT2D eigenvalue weighted by atomic mass is 10.1. The number of aryl methyl sites for hydroxylation is 2. The quantitative estimate of drug-likeness (QED) is 0.365. The van der Waals surface area contributed by atoms with Gasteiger partial charge < -0.3 is 14.8 Å². The Morgan fingerprint density at radius 3 is 2.65 bits per heavy atom. The Morgan fingerprint density at radius 1 is 1.10 bits per heavy atom. The number of nitrogens with one attached hydrogen (secondary N) is 1. The number of hydrogen-bond acceptors (Lipinski definition) is 6. The third kappa shape index (κ3) is 4.99. The summed E-state index contributed by atoms with van der Waals surface area (Å²) in [4.78, 5) is 27.1. The maximum atomic E-state index is 12.9. The molecule has 1 N–H and O–H groups in total. The van der Waals surface area contributed by atoms with Crippen LogP contribution in [0.25, 0.3) is 0 Å². The maximum Gasteiger partial charge on any atom is 0.341 e. The Labute approximate surface area is 190 Å². The van der Waals surface area contributed by atoms with Crippen molar-refractivity contribution in [1.82, 2.24) is 0 Å². The molecule has 0 unspecified atom stereocenters. The lowest BCUT2D eigenvalue weighted by molar-refractivity contribution is 0.0601. The summed E-state index contributed by atoms with van der Waals surface area (Å²) in [6.07, 6.45) is 5.12. The highest BCUT2D eigenvalue weighted by Crippen LogP contribution is 2.38. The Hall–Kier alpha value is -2.64. The highest BCUT2D eigenvalue weighted by molar-refractivity contribution is 7.17. The molecule has 0 atom stereocenters. The zero-order valence-corrected chi connectivity index (χ0v) is 19.3. The summed E-state index contributed by atoms with van der Waals surface area (Å²) in [6, 6.07) is 9.71. The first-order valence-corrected chi connectivity index (χ1v) is 12.1. The van der Waals surface area contributed by atoms with Gasteiger partial charge in [-0.3, -0.25) is 4.79 Å². The average Bonchev–Trinajstić information content (AvgIpc) is 3.31. The van der Waals surface area contributed by atoms with E-state index in [1.165, 1.54) is 40.2 Å². The van der Waals surface area contributed by atoms with Crippen molar-refractivity contribution < 1.29 is 19.1 Å². The minimum absolute atomic E-state index is 0.215. The highest BCUT2D eigenvalue weighted by atomic mass is 32.1. The smallest absolute Gasteiger partial charge is 0.341 e. The van der Waals surface area contributed by atoms with E-state index in [2.05, 4.69) is 5.32 Å². The molecule has 1 aliphatic rings. The van der Waals surface area contributed by atoms with E-state index in [-0.39, 0.29) is 11.9 Å². The summed E-state index contributed by atoms with van der Waals surface area (Å²) in [7, 11) is 1.38. The first kappa shape index (κ1) is 21.6. The average molecular weight is 456 g/mol. The fraction of sp³-hybridized carbons (Fsp3) is 0.333. The van der Waals surface area contributed by atoms with Crippen LogP contribution in [0.1, 0.15) is 60.9 Å². The van der Waals surface area contributed by atoms with Crippen LogP contribution in [0.5, 0.6) is 5.75 Å². The molecule has 0 fully saturated rings. The summed E-state index contributed by atoms with van der Waals surface area (Å²) >= 11 is 2.87. The molecule has 0 aliphatic heterocycles. The van der Waals surface area contributed by atoms with Gasteiger partial charge in [-0.25, -0.2) is 4.79 Å². The fourth-order valence-electron chi connectivity index (χ4n) is 3.68. The standard InChI is InChI=1S/C24H25NO4S2/c1-15-8-10-17(11-9-15)29-13-16-12-20(30-14-16)22(26)25-23-21(24(27)28-2)18-6-4-3-5-7-19(18)31-23/h8-12,14H,3-7,13H2,1-2H3,(H,25,26). The van der Waals surface area contributed by atoms with Crippen molar-refractivity contribution in [2.24, 2.45) is 0 Å². The van der Waals surface area contributed by atoms with E-state index in [9.17, 15) is 9.59 Å². The van der Waals surface area contributed by atoms with Gasteiger partial charge in [0.1, 0.15) is 17.4 Å². The van der Waals surface area contributed by atoms with Crippen LogP contribution in [0, 0.1) is 6.92 Å². The van der Waals surface area contributed by atoms with E-state index >= 15 is 0 Å². The van der Waals surface area contributed by atoms with E-state index in [0.717, 1.165) is 49.0 Å². The Bertz CT molecular complexity index is 1080. The van der Waals surface area contributed by atoms with Gasteiger partial charge in [0.25, 0.3) is 5.91 Å². The summed E-state index contributed by atoms with van der Waals surface area (Å²) in [6.45, 7) is 2.43. The zero-order chi connectivity index (χ0) is 21.8. The molecule has 7 heteroatoms. The second-order valence-electron chi connectivity index (χ2n) is 7.64. The summed E-state index contributed by atoms with van der Waals surface area (Å²) < 4.78 is 10.8. The van der Waals surface area contributed by atoms with Crippen LogP contribution in [-0.4, -0.2) is 19.0 Å². The van der Waals surface area contributed by atoms with Crippen molar-refractivity contribution in [2.75, 3.05) is 12.4 Å². The first-order chi connectivity index (χ1) is 15.0. The van der Waals surface area contributed by atoms with Crippen LogP contribution >= 0.6 is 22.7 Å². The number of benzene rings is 1. The molecule has 2 heterocycles. The van der Waals surface area contributed by atoms with Gasteiger partial charge in [0.15, 0.2) is 0 Å². The Kier molecular flexibility index (Phi) is 6.73. The van der Waals surface area contributed by atoms with Crippen molar-refractivity contribution >= 4 is 39.6 Å². The molecule has 3 aromatic rings. The van der Waals surface area contributed by atoms with E-state index in [1.54, 1.807) is 0 Å². The monoisotopic (exact) mass is 455 g/mol. The molecule has 2 aromatic heterocycles. The maximum absolute atomic E-state index is 12.9. The number of thiophene rings is 2. The number of carbonyl (C=O) groups is 2. The molecule has 0 spiro atoms. The van der Waals surface area contributed by atoms with Crippen molar-refractivity contribution in [3.8, 4) is 5.75 Å². The van der Waals surface area contributed by atoms with E-state index < -0.39 is 0 Å². The predicted octanol–water partition coefficient (Wildman–Crippen LogP) is 6.00. The number of hydrogen-bond donors (Lipinski definition) is 1. The molecule has 31 heavy (non-hydrogen) atoms. The van der Waals surface area contributed by atoms with Gasteiger partial charge in [-0.1, -0.05) is 24.1 Å². The summed E-state index contributed by atoms with van der Waals surface area (Å²) in [5, 5.41) is 5.48. The lowest BCUT2D eigenvalue weighted by Crippen LogP contribution is -2.13. The van der Waals surface area contributed by atoms with E-state index in [0.29, 0.717) is 22.0 Å². The fourth-order valence-corrected chi connectivity index (χ4v) is 5.75. The van der Waals surface area contributed by atoms with Crippen molar-refractivity contribution in [3.05, 3.63) is 67.7 Å². The van der Waals surface area contributed by atoms with Gasteiger partial charge in [-0.15, -0.1) is 22.7 Å². The zero-order valence-electron chi connectivity index (χ0n) is 17.7. The second kappa shape index (κ2) is 9.66. The number of methoxy groups -OCH3 is 1. The minimum Gasteiger partial charge on any atom is -0.489 e. The topological polar surface area (TPSA) is 64.6 Å². The molecule has 1 amide bonds. The van der Waals surface area contributed by atoms with Crippen LogP contribution in [0.2, 0.25) is 0 Å². The highest BCUT2D eigenvalue weighted by Gasteiger charge is 2.26.